The molecule has 41 valence electrons. The van der Waals surface area contributed by atoms with Gasteiger partial charge in [-0.2, -0.15) is 0 Å². The van der Waals surface area contributed by atoms with E-state index in [4.69, 9.17) is 0 Å². The van der Waals surface area contributed by atoms with Gasteiger partial charge in [-0.1, -0.05) is 0 Å². The van der Waals surface area contributed by atoms with Gasteiger partial charge in [-0.3, -0.25) is 0 Å². The molecule has 0 aromatic heterocycles. The van der Waals surface area contributed by atoms with Crippen molar-refractivity contribution in [3.8, 4) is 0 Å². The van der Waals surface area contributed by atoms with Crippen LogP contribution in [0.5, 0.6) is 0 Å². The molecule has 1 aromatic carbocycles. The third-order valence-corrected chi connectivity index (χ3v) is 1.95. The molecule has 0 radical (unpaired) electrons. The van der Waals surface area contributed by atoms with Crippen LogP contribution >= 0.6 is 0 Å². The fourth-order valence-corrected chi connectivity index (χ4v) is 1.12. The SMILES string of the molecule is O=[C]([Zn])c1ccccc1. The molecule has 0 atom stereocenters. The zero-order valence-electron chi connectivity index (χ0n) is 5.00. The van der Waals surface area contributed by atoms with E-state index < -0.39 is 0 Å². The van der Waals surface area contributed by atoms with E-state index in [-0.39, 0.29) is 4.38 Å². The fraction of sp³-hybridized carbons (Fsp3) is 0. The molecule has 9 heavy (non-hydrogen) atoms. The number of carbonyl (C=O) groups excluding carboxylic acids is 1. The van der Waals surface area contributed by atoms with Gasteiger partial charge in [0.1, 0.15) is 0 Å². The summed E-state index contributed by atoms with van der Waals surface area (Å²) < 4.78 is 0.246. The van der Waals surface area contributed by atoms with Gasteiger partial charge in [-0.15, -0.1) is 0 Å². The molecule has 1 nitrogen and oxygen atoms in total. The molecule has 0 amide bonds. The van der Waals surface area contributed by atoms with Crippen molar-refractivity contribution in [2.45, 2.75) is 0 Å². The minimum absolute atomic E-state index is 0.246. The first-order chi connectivity index (χ1) is 4.30. The summed E-state index contributed by atoms with van der Waals surface area (Å²) in [5.41, 5.74) is 0.831. The Morgan fingerprint density at radius 2 is 1.78 bits per heavy atom. The van der Waals surface area contributed by atoms with Crippen molar-refractivity contribution in [2.75, 3.05) is 0 Å². The third kappa shape index (κ3) is 1.72. The van der Waals surface area contributed by atoms with E-state index in [2.05, 4.69) is 0 Å². The van der Waals surface area contributed by atoms with Crippen LogP contribution in [0.4, 0.5) is 0 Å². The summed E-state index contributed by atoms with van der Waals surface area (Å²) in [5.74, 6) is 0. The molecule has 0 unspecified atom stereocenters. The number of hydrogen-bond acceptors (Lipinski definition) is 1. The topological polar surface area (TPSA) is 17.1 Å². The van der Waals surface area contributed by atoms with Gasteiger partial charge in [0, 0.05) is 0 Å². The van der Waals surface area contributed by atoms with Gasteiger partial charge in [-0.25, -0.2) is 0 Å². The Hall–Kier alpha value is -0.487. The Balaban J connectivity index is 2.98. The van der Waals surface area contributed by atoms with Crippen LogP contribution in [0.1, 0.15) is 10.4 Å². The van der Waals surface area contributed by atoms with Crippen molar-refractivity contribution >= 4 is 4.38 Å². The third-order valence-electron chi connectivity index (χ3n) is 1.10. The molecule has 0 aliphatic heterocycles. The standard InChI is InChI=1S/C7H5O.Zn/c8-6-7-4-2-1-3-5-7;/h1-5H;. The van der Waals surface area contributed by atoms with Gasteiger partial charge >= 0.3 is 63.4 Å². The second-order valence-corrected chi connectivity index (χ2v) is 3.14. The number of benzene rings is 1. The van der Waals surface area contributed by atoms with E-state index >= 15 is 0 Å². The number of rotatable bonds is 1. The summed E-state index contributed by atoms with van der Waals surface area (Å²) in [5, 5.41) is 0. The zero-order valence-corrected chi connectivity index (χ0v) is 7.97. The molecule has 0 fully saturated rings. The van der Waals surface area contributed by atoms with E-state index in [0.717, 1.165) is 5.56 Å². The average Bonchev–Trinajstić information content (AvgIpc) is 1.90. The summed E-state index contributed by atoms with van der Waals surface area (Å²) in [6.45, 7) is 0. The Morgan fingerprint density at radius 1 is 1.22 bits per heavy atom. The van der Waals surface area contributed by atoms with Crippen LogP contribution in [0.15, 0.2) is 30.3 Å². The van der Waals surface area contributed by atoms with Gasteiger partial charge in [0.2, 0.25) is 0 Å². The molecular formula is C7H5OZn. The van der Waals surface area contributed by atoms with E-state index in [1.54, 1.807) is 0 Å². The maximum absolute atomic E-state index is 10.7. The Morgan fingerprint density at radius 3 is 2.11 bits per heavy atom. The normalized spacial score (nSPS) is 9.11. The molecule has 0 saturated heterocycles. The Bertz CT molecular complexity index is 205. The maximum atomic E-state index is 10.7. The second kappa shape index (κ2) is 2.88. The summed E-state index contributed by atoms with van der Waals surface area (Å²) in [4.78, 5) is 10.7. The monoisotopic (exact) mass is 169 g/mol. The van der Waals surface area contributed by atoms with Crippen LogP contribution in [0.2, 0.25) is 0 Å². The van der Waals surface area contributed by atoms with Gasteiger partial charge in [0.05, 0.1) is 0 Å². The second-order valence-electron chi connectivity index (χ2n) is 1.79. The van der Waals surface area contributed by atoms with Gasteiger partial charge in [0.25, 0.3) is 0 Å². The first-order valence-corrected chi connectivity index (χ1v) is 4.20. The predicted molar refractivity (Wildman–Crippen MR) is 30.8 cm³/mol. The molecule has 0 saturated carbocycles. The zero-order chi connectivity index (χ0) is 6.69. The molecule has 2 heteroatoms. The summed E-state index contributed by atoms with van der Waals surface area (Å²) in [6, 6.07) is 9.34. The summed E-state index contributed by atoms with van der Waals surface area (Å²) in [7, 11) is 0. The average molecular weight is 171 g/mol. The van der Waals surface area contributed by atoms with Gasteiger partial charge in [-0.05, 0) is 0 Å². The number of carbonyl (C=O) groups is 1. The summed E-state index contributed by atoms with van der Waals surface area (Å²) in [6.07, 6.45) is 0. The molecule has 0 aliphatic rings. The first-order valence-electron chi connectivity index (χ1n) is 2.72. The predicted octanol–water partition coefficient (Wildman–Crippen LogP) is 1.37. The molecule has 0 bridgehead atoms. The van der Waals surface area contributed by atoms with Crippen LogP contribution in [0.25, 0.3) is 0 Å². The van der Waals surface area contributed by atoms with Crippen LogP contribution in [-0.2, 0) is 18.3 Å². The fourth-order valence-electron chi connectivity index (χ4n) is 0.624. The van der Waals surface area contributed by atoms with Crippen molar-refractivity contribution in [1.82, 2.24) is 0 Å². The van der Waals surface area contributed by atoms with Crippen molar-refractivity contribution in [1.29, 1.82) is 0 Å². The van der Waals surface area contributed by atoms with Crippen LogP contribution in [0.3, 0.4) is 0 Å². The molecule has 0 heterocycles. The van der Waals surface area contributed by atoms with Gasteiger partial charge in [0.15, 0.2) is 0 Å². The summed E-state index contributed by atoms with van der Waals surface area (Å²) >= 11 is 0.712. The minimum atomic E-state index is 0.246. The molecule has 0 N–H and O–H groups in total. The van der Waals surface area contributed by atoms with Crippen LogP contribution < -0.4 is 0 Å². The molecule has 0 aliphatic carbocycles. The van der Waals surface area contributed by atoms with E-state index in [9.17, 15) is 4.79 Å². The van der Waals surface area contributed by atoms with Crippen LogP contribution in [0, 0.1) is 0 Å². The molecular weight excluding hydrogens is 165 g/mol. The van der Waals surface area contributed by atoms with E-state index in [1.165, 1.54) is 0 Å². The van der Waals surface area contributed by atoms with Crippen molar-refractivity contribution in [3.63, 3.8) is 0 Å². The molecule has 1 rings (SSSR count). The molecule has 1 aromatic rings. The van der Waals surface area contributed by atoms with Gasteiger partial charge < -0.3 is 0 Å². The van der Waals surface area contributed by atoms with E-state index in [1.807, 2.05) is 30.3 Å². The van der Waals surface area contributed by atoms with Crippen molar-refractivity contribution in [2.24, 2.45) is 0 Å². The molecule has 0 spiro atoms. The van der Waals surface area contributed by atoms with Crippen molar-refractivity contribution < 1.29 is 23.1 Å². The van der Waals surface area contributed by atoms with Crippen LogP contribution in [-0.4, -0.2) is 4.38 Å². The number of hydrogen-bond donors (Lipinski definition) is 0. The Kier molecular flexibility index (Phi) is 2.12. The Labute approximate surface area is 63.8 Å². The van der Waals surface area contributed by atoms with Crippen molar-refractivity contribution in [3.05, 3.63) is 35.9 Å². The quantitative estimate of drug-likeness (QED) is 0.582. The van der Waals surface area contributed by atoms with E-state index in [0.29, 0.717) is 18.3 Å². The first kappa shape index (κ1) is 6.63.